The average Bonchev–Trinajstić information content (AvgIpc) is 1.75. The smallest absolute Gasteiger partial charge is 0.407 e. The van der Waals surface area contributed by atoms with E-state index >= 15 is 0 Å². The van der Waals surface area contributed by atoms with Crippen LogP contribution in [0.3, 0.4) is 0 Å². The Labute approximate surface area is 688 Å². The fourth-order valence-electron chi connectivity index (χ4n) is 7.39. The summed E-state index contributed by atoms with van der Waals surface area (Å²) in [6.45, 7) is 2.73. The Morgan fingerprint density at radius 1 is 0.377 bits per heavy atom. The predicted molar refractivity (Wildman–Crippen MR) is 414 cm³/mol. The van der Waals surface area contributed by atoms with E-state index in [1.165, 1.54) is 4.90 Å². The summed E-state index contributed by atoms with van der Waals surface area (Å²) in [5, 5.41) is 107. The first-order valence-electron chi connectivity index (χ1n) is 35.0. The van der Waals surface area contributed by atoms with Crippen molar-refractivity contribution in [1.82, 2.24) is 41.7 Å². The lowest BCUT2D eigenvalue weighted by Crippen LogP contribution is -2.46. The van der Waals surface area contributed by atoms with Gasteiger partial charge in [-0.3, -0.25) is 62.3 Å². The third kappa shape index (κ3) is 75.3. The molecule has 0 aliphatic carbocycles. The first-order valence-corrected chi connectivity index (χ1v) is 35.0. The molecule has 2 heterocycles. The molecule has 66 nitrogen and oxygen atoms in total. The second-order valence-electron chi connectivity index (χ2n) is 23.4. The molecule has 0 aromatic rings. The summed E-state index contributed by atoms with van der Waals surface area (Å²) < 4.78 is 8.97. The minimum atomic E-state index is -1.25. The van der Waals surface area contributed by atoms with Crippen molar-refractivity contribution in [3.05, 3.63) is 83.5 Å². The van der Waals surface area contributed by atoms with Crippen LogP contribution >= 0.6 is 0 Å². The number of hydrogen-bond acceptors (Lipinski definition) is 34. The van der Waals surface area contributed by atoms with Crippen LogP contribution in [0.2, 0.25) is 0 Å². The highest BCUT2D eigenvalue weighted by molar-refractivity contribution is 5.87. The van der Waals surface area contributed by atoms with Gasteiger partial charge in [-0.05, 0) is 82.3 Å². The molecule has 0 bridgehead atoms. The number of carboxylic acids is 8. The number of aliphatic carboxylic acids is 8. The Morgan fingerprint density at radius 2 is 0.754 bits per heavy atom. The molecule has 66 heteroatoms. The Kier molecular flexibility index (Phi) is 75.1. The van der Waals surface area contributed by atoms with Crippen LogP contribution in [0.25, 0.3) is 83.5 Å². The molecule has 0 spiro atoms. The molecule has 2 fully saturated rings. The van der Waals surface area contributed by atoms with Crippen molar-refractivity contribution >= 4 is 95.4 Å². The molecule has 8 amide bonds. The van der Waals surface area contributed by atoms with E-state index in [1.54, 1.807) is 4.90 Å². The van der Waals surface area contributed by atoms with Crippen LogP contribution in [0, 0.1) is 5.92 Å². The average molecular weight is 1750 g/mol. The van der Waals surface area contributed by atoms with E-state index in [9.17, 15) is 76.7 Å². The van der Waals surface area contributed by atoms with Gasteiger partial charge in [-0.15, -0.1) is 0 Å². The van der Waals surface area contributed by atoms with Crippen LogP contribution in [0.15, 0.2) is 40.9 Å². The maximum Gasteiger partial charge on any atom is 0.407 e. The van der Waals surface area contributed by atoms with E-state index in [4.69, 9.17) is 131 Å². The van der Waals surface area contributed by atoms with Gasteiger partial charge in [-0.2, -0.15) is 0 Å². The summed E-state index contributed by atoms with van der Waals surface area (Å²) in [4.78, 5) is 195. The largest absolute Gasteiger partial charge is 0.480 e. The molecule has 10 atom stereocenters. The summed E-state index contributed by atoms with van der Waals surface area (Å²) in [6, 6.07) is -9.89. The number of alkyl carbamates (subject to hydrolysis) is 2. The highest BCUT2D eigenvalue weighted by atomic mass is 16.6. The monoisotopic (exact) mass is 1750 g/mol. The Morgan fingerprint density at radius 3 is 1.20 bits per heavy atom. The molecule has 2 aliphatic heterocycles. The van der Waals surface area contributed by atoms with Gasteiger partial charge in [-0.1, -0.05) is 40.9 Å². The van der Waals surface area contributed by atoms with Crippen molar-refractivity contribution in [2.75, 3.05) is 124 Å². The third-order valence-corrected chi connectivity index (χ3v) is 13.8. The number of urea groups is 1. The fourth-order valence-corrected chi connectivity index (χ4v) is 7.39. The van der Waals surface area contributed by atoms with Gasteiger partial charge in [0.25, 0.3) is 0 Å². The van der Waals surface area contributed by atoms with Gasteiger partial charge in [0.05, 0.1) is 32.0 Å². The van der Waals surface area contributed by atoms with Crippen LogP contribution in [-0.2, 0) is 71.8 Å². The zero-order chi connectivity index (χ0) is 94.3. The number of carbonyl (C=O) groups is 16. The molecule has 0 aromatic heterocycles. The quantitative estimate of drug-likeness (QED) is 0.0126. The number of likely N-dealkylation sites (tertiary alicyclic amines) is 2. The molecule has 2 rings (SSSR count). The van der Waals surface area contributed by atoms with E-state index in [2.05, 4.69) is 122 Å². The van der Waals surface area contributed by atoms with E-state index < -0.39 is 121 Å². The standard InChI is InChI=1S/C9H15N5O3.C8H13N5O3.2C7H13N5O3.C7H12N4O3.C6H12N6O3.2C6H11N5O4/c10-7(9(16)17)3-8(15)14-2-1-6(5-14)4-12-13-11;9-6(8(15)16)3-7(14)13-2-1-5(4-13)11-12-10;8-5(7(14)15)1-2-6(13)10-3-4-11-12-9;8-5(7(14)15)4-10-6(13)2-1-3-11-12-9;8-6(7(13)14)4-5(12)2-1-3-10-11-9;7-4(5(13)14)3-10-6(15)9-1-2-11-12-8;7-4(5(12)13)3-9-6(14)15-2-1-10-11-8;7-4(5(12)13)3-15-6(14)9-1-2-10-11-8/h6-7H,1-5,10H2,(H,16,17);5-6H,1-4,9H2,(H,15,16);2*5H,1-4,8H2,(H,10,13)(H,14,15);6H,1-4,8H2,(H,13,14);4H,1-3,7H2,(H,13,14)(H2,9,10,15);2*4H,1-3,7H2,(H,9,14)(H,12,13)/t6?,7-;5?,6-;2*5-;6-;3*4-/m00000000/s1. The van der Waals surface area contributed by atoms with Crippen LogP contribution in [0.4, 0.5) is 14.4 Å². The number of ether oxygens (including phenoxy) is 2. The highest BCUT2D eigenvalue weighted by Crippen LogP contribution is 2.18. The topological polar surface area (TPSA) is 1130 Å². The van der Waals surface area contributed by atoms with Crippen molar-refractivity contribution in [3.63, 3.8) is 0 Å². The lowest BCUT2D eigenvalue weighted by Gasteiger charge is -2.17. The summed E-state index contributed by atoms with van der Waals surface area (Å²) in [7, 11) is 0. The molecular formula is C56H100N40O26. The van der Waals surface area contributed by atoms with Crippen molar-refractivity contribution in [1.29, 1.82) is 0 Å². The Bertz CT molecular complexity index is 3400. The number of carboxylic acid groups (broad SMARTS) is 8. The number of rotatable bonds is 48. The van der Waals surface area contributed by atoms with Gasteiger partial charge in [-0.25, -0.2) is 14.4 Å². The Hall–Kier alpha value is -14.7. The number of carbonyl (C=O) groups excluding carboxylic acids is 8. The number of nitrogens with zero attached hydrogens (tertiary/aromatic N) is 26. The van der Waals surface area contributed by atoms with Crippen molar-refractivity contribution in [3.8, 4) is 0 Å². The molecule has 2 saturated heterocycles. The van der Waals surface area contributed by atoms with Gasteiger partial charge in [0.1, 0.15) is 60.7 Å². The number of amides is 8. The van der Waals surface area contributed by atoms with Crippen LogP contribution in [0.1, 0.15) is 70.6 Å². The van der Waals surface area contributed by atoms with Gasteiger partial charge >= 0.3 is 66.0 Å². The maximum absolute atomic E-state index is 11.7. The highest BCUT2D eigenvalue weighted by Gasteiger charge is 2.30. The van der Waals surface area contributed by atoms with E-state index in [1.807, 2.05) is 0 Å². The van der Waals surface area contributed by atoms with Gasteiger partial charge in [0, 0.05) is 170 Å². The Balaban J connectivity index is -0.000000315. The molecule has 0 saturated carbocycles. The van der Waals surface area contributed by atoms with Crippen LogP contribution in [-0.4, -0.2) is 325 Å². The van der Waals surface area contributed by atoms with E-state index in [-0.39, 0.29) is 171 Å². The van der Waals surface area contributed by atoms with Gasteiger partial charge in [0.15, 0.2) is 0 Å². The van der Waals surface area contributed by atoms with E-state index in [0.29, 0.717) is 52.0 Å². The molecule has 0 radical (unpaired) electrons. The minimum Gasteiger partial charge on any atom is -0.480 e. The summed E-state index contributed by atoms with van der Waals surface area (Å²) in [5.41, 5.74) is 105. The fraction of sp³-hybridized carbons (Fsp3) is 0.714. The lowest BCUT2D eigenvalue weighted by molar-refractivity contribution is -0.142. The predicted octanol–water partition coefficient (Wildman–Crippen LogP) is -2.82. The molecular weight excluding hydrogens is 1650 g/mol. The summed E-state index contributed by atoms with van der Waals surface area (Å²) in [5.74, 6) is -10.8. The first kappa shape index (κ1) is 118. The molecule has 122 heavy (non-hydrogen) atoms. The summed E-state index contributed by atoms with van der Waals surface area (Å²) in [6.07, 6.45) is 0.545. The number of hydrogen-bond donors (Lipinski definition) is 22. The zero-order valence-electron chi connectivity index (χ0n) is 65.2. The maximum atomic E-state index is 11.7. The summed E-state index contributed by atoms with van der Waals surface area (Å²) >= 11 is 0. The molecule has 2 unspecified atom stereocenters. The molecule has 680 valence electrons. The number of ketones is 1. The normalized spacial score (nSPS) is 13.8. The SMILES string of the molecule is [N-]=[N+]=NC1CCN(C(=O)C[C@H](N)C(=O)O)C1.[N-]=[N+]=NCC1CCN(C(=O)C[C@H](N)C(=O)O)C1.[N-]=[N+]=NCCCC(=O)C[C@H](N)C(=O)O.[N-]=[N+]=NCCCC(=O)NC[C@H](N)C(=O)O.[N-]=[N+]=NCCNC(=O)CC[C@H](N)C(=O)O.[N-]=[N+]=NCCNC(=O)NC[C@H](N)C(=O)O.[N-]=[N+]=NCCNC(=O)OC[C@H](N)C(=O)O.[N-]=[N+]=NCCOC(=O)NC[C@H](N)C(=O)O. The lowest BCUT2D eigenvalue weighted by atomic mass is 10.1. The molecule has 0 aromatic carbocycles. The van der Waals surface area contributed by atoms with Crippen molar-refractivity contribution < 1.29 is 127 Å². The number of nitrogens with two attached hydrogens (primary N) is 8. The number of nitrogens with one attached hydrogen (secondary N) is 6. The van der Waals surface area contributed by atoms with Gasteiger partial charge < -0.3 is 138 Å². The molecule has 2 aliphatic rings. The van der Waals surface area contributed by atoms with Crippen LogP contribution < -0.4 is 77.8 Å². The second kappa shape index (κ2) is 77.5. The minimum absolute atomic E-state index is 0.0227. The van der Waals surface area contributed by atoms with Crippen molar-refractivity contribution in [2.45, 2.75) is 125 Å². The molecule has 30 N–H and O–H groups in total. The van der Waals surface area contributed by atoms with Crippen molar-refractivity contribution in [2.24, 2.45) is 92.7 Å². The van der Waals surface area contributed by atoms with E-state index in [0.717, 1.165) is 6.42 Å². The third-order valence-electron chi connectivity index (χ3n) is 13.8. The number of Topliss-reactive ketones (excluding diaryl/α,β-unsaturated/α-hetero) is 1. The zero-order valence-corrected chi connectivity index (χ0v) is 65.2. The number of azide groups is 8. The second-order valence-corrected chi connectivity index (χ2v) is 23.4. The van der Waals surface area contributed by atoms with Gasteiger partial charge in [0.2, 0.25) is 23.6 Å². The van der Waals surface area contributed by atoms with Crippen LogP contribution in [0.5, 0.6) is 0 Å². The first-order chi connectivity index (χ1) is 57.5.